The van der Waals surface area contributed by atoms with Gasteiger partial charge in [0, 0.05) is 36.6 Å². The van der Waals surface area contributed by atoms with Crippen LogP contribution in [0.3, 0.4) is 0 Å². The summed E-state index contributed by atoms with van der Waals surface area (Å²) in [6.07, 6.45) is 1.52. The van der Waals surface area contributed by atoms with E-state index in [2.05, 4.69) is 28.8 Å². The Balaban J connectivity index is 1.99. The minimum Gasteiger partial charge on any atom is -0.355 e. The SMILES string of the molecule is C=CNN(C)C(/C(C)=C(\Cc1ccc(CCCN2CCCCC2)c(F)c1F)C(=C)Nc1ccc(C(F)(F)F)cc1CF)C(C)(C)C. The number of nitrogens with zero attached hydrogens (tertiary/aromatic N) is 2. The van der Waals surface area contributed by atoms with Crippen LogP contribution in [0.1, 0.15) is 75.6 Å². The fourth-order valence-corrected chi connectivity index (χ4v) is 6.45. The van der Waals surface area contributed by atoms with E-state index in [1.54, 1.807) is 12.1 Å². The van der Waals surface area contributed by atoms with E-state index in [0.717, 1.165) is 62.7 Å². The predicted octanol–water partition coefficient (Wildman–Crippen LogP) is 9.35. The van der Waals surface area contributed by atoms with Gasteiger partial charge in [-0.1, -0.05) is 52.5 Å². The van der Waals surface area contributed by atoms with Gasteiger partial charge in [-0.3, -0.25) is 0 Å². The van der Waals surface area contributed by atoms with Crippen LogP contribution in [0.4, 0.5) is 32.0 Å². The van der Waals surface area contributed by atoms with Crippen molar-refractivity contribution < 1.29 is 26.3 Å². The van der Waals surface area contributed by atoms with Gasteiger partial charge in [-0.15, -0.1) is 0 Å². The Morgan fingerprint density at radius 2 is 1.63 bits per heavy atom. The molecule has 1 atom stereocenters. The van der Waals surface area contributed by atoms with Crippen molar-refractivity contribution in [2.75, 3.05) is 32.0 Å². The van der Waals surface area contributed by atoms with Crippen molar-refractivity contribution in [3.63, 3.8) is 0 Å². The number of hydrogen-bond acceptors (Lipinski definition) is 4. The molecule has 4 nitrogen and oxygen atoms in total. The van der Waals surface area contributed by atoms with Crippen LogP contribution in [-0.4, -0.2) is 42.6 Å². The number of alkyl halides is 4. The Kier molecular flexibility index (Phi) is 13.0. The first kappa shape index (κ1) is 37.2. The maximum absolute atomic E-state index is 15.7. The first-order valence-corrected chi connectivity index (χ1v) is 15.8. The van der Waals surface area contributed by atoms with Gasteiger partial charge in [-0.2, -0.15) is 13.2 Å². The van der Waals surface area contributed by atoms with Crippen molar-refractivity contribution in [1.82, 2.24) is 15.3 Å². The van der Waals surface area contributed by atoms with Gasteiger partial charge in [0.2, 0.25) is 0 Å². The number of allylic oxidation sites excluding steroid dienone is 1. The lowest BCUT2D eigenvalue weighted by Gasteiger charge is -2.40. The maximum Gasteiger partial charge on any atom is 0.416 e. The van der Waals surface area contributed by atoms with Crippen LogP contribution < -0.4 is 10.7 Å². The lowest BCUT2D eigenvalue weighted by atomic mass is 9.79. The largest absolute Gasteiger partial charge is 0.416 e. The fourth-order valence-electron chi connectivity index (χ4n) is 6.45. The van der Waals surface area contributed by atoms with E-state index in [9.17, 15) is 17.6 Å². The molecule has 1 fully saturated rings. The lowest BCUT2D eigenvalue weighted by Crippen LogP contribution is -2.48. The van der Waals surface area contributed by atoms with Crippen molar-refractivity contribution in [3.8, 4) is 0 Å². The average Bonchev–Trinajstić information content (AvgIpc) is 2.98. The summed E-state index contributed by atoms with van der Waals surface area (Å²) >= 11 is 0. The number of likely N-dealkylation sites (N-methyl/N-ethyl adjacent to an activating group) is 1. The summed E-state index contributed by atoms with van der Waals surface area (Å²) in [5, 5.41) is 4.82. The second kappa shape index (κ2) is 16.0. The highest BCUT2D eigenvalue weighted by Crippen LogP contribution is 2.36. The number of rotatable bonds is 14. The number of anilines is 1. The Bertz CT molecular complexity index is 1390. The average molecular weight is 651 g/mol. The van der Waals surface area contributed by atoms with Gasteiger partial charge in [0.15, 0.2) is 11.6 Å². The van der Waals surface area contributed by atoms with E-state index in [-0.39, 0.29) is 40.4 Å². The monoisotopic (exact) mass is 650 g/mol. The third-order valence-corrected chi connectivity index (χ3v) is 8.59. The van der Waals surface area contributed by atoms with Gasteiger partial charge in [0.05, 0.1) is 11.6 Å². The molecule has 0 aliphatic carbocycles. The molecule has 1 aliphatic heterocycles. The Morgan fingerprint density at radius 3 is 2.22 bits per heavy atom. The highest BCUT2D eigenvalue weighted by molar-refractivity contribution is 5.60. The van der Waals surface area contributed by atoms with Crippen LogP contribution >= 0.6 is 0 Å². The van der Waals surface area contributed by atoms with Crippen molar-refractivity contribution in [1.29, 1.82) is 0 Å². The lowest BCUT2D eigenvalue weighted by molar-refractivity contribution is -0.137. The number of hydrogen-bond donors (Lipinski definition) is 2. The number of benzene rings is 2. The van der Waals surface area contributed by atoms with Crippen molar-refractivity contribution in [2.45, 2.75) is 85.1 Å². The summed E-state index contributed by atoms with van der Waals surface area (Å²) in [6, 6.07) is 5.67. The molecular weight excluding hydrogens is 602 g/mol. The molecule has 1 unspecified atom stereocenters. The smallest absolute Gasteiger partial charge is 0.355 e. The number of aryl methyl sites for hydroxylation is 1. The molecular formula is C36H48F6N4. The molecule has 1 heterocycles. The summed E-state index contributed by atoms with van der Waals surface area (Å²) in [5.74, 6) is -1.83. The van der Waals surface area contributed by atoms with Crippen LogP contribution in [0.15, 0.2) is 66.5 Å². The number of piperidine rings is 1. The highest BCUT2D eigenvalue weighted by Gasteiger charge is 2.33. The van der Waals surface area contributed by atoms with E-state index in [1.165, 1.54) is 12.6 Å². The summed E-state index contributed by atoms with van der Waals surface area (Å²) in [6.45, 7) is 17.6. The number of halogens is 6. The number of hydrazine groups is 1. The van der Waals surface area contributed by atoms with Crippen LogP contribution in [-0.2, 0) is 25.7 Å². The zero-order valence-corrected chi connectivity index (χ0v) is 27.7. The number of likely N-dealkylation sites (tertiary alicyclic amines) is 1. The summed E-state index contributed by atoms with van der Waals surface area (Å²) in [4.78, 5) is 2.36. The van der Waals surface area contributed by atoms with Crippen molar-refractivity contribution in [2.24, 2.45) is 5.41 Å². The molecule has 46 heavy (non-hydrogen) atoms. The molecule has 0 amide bonds. The molecule has 0 spiro atoms. The molecule has 2 N–H and O–H groups in total. The molecule has 3 rings (SSSR count). The van der Waals surface area contributed by atoms with Gasteiger partial charge in [0.25, 0.3) is 0 Å². The van der Waals surface area contributed by atoms with Crippen LogP contribution in [0.5, 0.6) is 0 Å². The van der Waals surface area contributed by atoms with Crippen LogP contribution in [0, 0.1) is 17.0 Å². The predicted molar refractivity (Wildman–Crippen MR) is 175 cm³/mol. The molecule has 254 valence electrons. The number of nitrogens with one attached hydrogen (secondary N) is 2. The van der Waals surface area contributed by atoms with E-state index in [1.807, 2.05) is 39.8 Å². The Labute approximate surface area is 270 Å². The van der Waals surface area contributed by atoms with Gasteiger partial charge in [-0.25, -0.2) is 18.2 Å². The molecule has 0 aromatic heterocycles. The molecule has 1 saturated heterocycles. The maximum atomic E-state index is 15.7. The summed E-state index contributed by atoms with van der Waals surface area (Å²) in [7, 11) is 1.82. The fraction of sp³-hybridized carbons (Fsp3) is 0.500. The summed E-state index contributed by atoms with van der Waals surface area (Å²) in [5.41, 5.74) is 3.56. The van der Waals surface area contributed by atoms with Crippen LogP contribution in [0.2, 0.25) is 0 Å². The zero-order valence-electron chi connectivity index (χ0n) is 27.7. The minimum absolute atomic E-state index is 0.0609. The van der Waals surface area contributed by atoms with Gasteiger partial charge in [-0.05, 0) is 98.1 Å². The van der Waals surface area contributed by atoms with Crippen molar-refractivity contribution in [3.05, 3.63) is 100 Å². The third-order valence-electron chi connectivity index (χ3n) is 8.59. The normalized spacial score (nSPS) is 15.8. The van der Waals surface area contributed by atoms with Gasteiger partial charge in [0.1, 0.15) is 6.67 Å². The second-order valence-corrected chi connectivity index (χ2v) is 13.2. The zero-order chi connectivity index (χ0) is 34.2. The highest BCUT2D eigenvalue weighted by atomic mass is 19.4. The van der Waals surface area contributed by atoms with E-state index in [0.29, 0.717) is 17.6 Å². The molecule has 2 aromatic rings. The topological polar surface area (TPSA) is 30.5 Å². The Hall–Kier alpha value is -3.24. The standard InChI is InChI=1S/C36H48F6N4/c1-8-43-45(7)34(35(4,5)6)24(2)30(25(3)44-31-17-16-29(36(40,41)42)21-28(31)23-37)22-27-15-14-26(32(38)33(27)39)13-12-20-46-18-10-9-11-19-46/h8,14-17,21,34,43-44H,1,3,9-13,18-20,22-23H2,2,4-7H3/b30-24+. The van der Waals surface area contributed by atoms with E-state index >= 15 is 8.78 Å². The Morgan fingerprint density at radius 1 is 1.00 bits per heavy atom. The molecule has 2 aromatic carbocycles. The second-order valence-electron chi connectivity index (χ2n) is 13.2. The molecule has 0 saturated carbocycles. The van der Waals surface area contributed by atoms with Crippen LogP contribution in [0.25, 0.3) is 0 Å². The first-order valence-electron chi connectivity index (χ1n) is 15.8. The molecule has 0 radical (unpaired) electrons. The van der Waals surface area contributed by atoms with Gasteiger partial charge < -0.3 is 15.6 Å². The van der Waals surface area contributed by atoms with Gasteiger partial charge >= 0.3 is 6.18 Å². The van der Waals surface area contributed by atoms with E-state index < -0.39 is 30.0 Å². The molecule has 10 heteroatoms. The first-order chi connectivity index (χ1) is 21.6. The van der Waals surface area contributed by atoms with E-state index in [4.69, 9.17) is 0 Å². The molecule has 0 bridgehead atoms. The third kappa shape index (κ3) is 9.64. The minimum atomic E-state index is -4.63. The summed E-state index contributed by atoms with van der Waals surface area (Å²) < 4.78 is 85.0. The van der Waals surface area contributed by atoms with Crippen molar-refractivity contribution >= 4 is 5.69 Å². The quantitative estimate of drug-likeness (QED) is 0.121. The molecule has 1 aliphatic rings.